The number of hydrogen-bond donors (Lipinski definition) is 2. The molecule has 5 unspecified atom stereocenters. The first-order valence-electron chi connectivity index (χ1n) is 8.76. The van der Waals surface area contributed by atoms with E-state index in [1.807, 2.05) is 4.90 Å². The van der Waals surface area contributed by atoms with Crippen LogP contribution in [0, 0.1) is 17.8 Å². The molecule has 1 aliphatic heterocycles. The highest BCUT2D eigenvalue weighted by Gasteiger charge is 2.45. The molecule has 21 heavy (non-hydrogen) atoms. The lowest BCUT2D eigenvalue weighted by Crippen LogP contribution is -2.57. The minimum Gasteiger partial charge on any atom is -0.389 e. The quantitative estimate of drug-likeness (QED) is 0.776. The molecule has 3 N–H and O–H groups in total. The van der Waals surface area contributed by atoms with Crippen LogP contribution >= 0.6 is 0 Å². The van der Waals surface area contributed by atoms with Gasteiger partial charge in [0.05, 0.1) is 11.5 Å². The van der Waals surface area contributed by atoms with E-state index in [4.69, 9.17) is 5.73 Å². The molecule has 0 aromatic heterocycles. The molecule has 1 saturated heterocycles. The van der Waals surface area contributed by atoms with Crippen molar-refractivity contribution in [2.24, 2.45) is 23.5 Å². The molecule has 2 saturated carbocycles. The van der Waals surface area contributed by atoms with Crippen molar-refractivity contribution in [2.45, 2.75) is 69.9 Å². The van der Waals surface area contributed by atoms with Gasteiger partial charge in [0.1, 0.15) is 0 Å². The Bertz CT molecular complexity index is 400. The summed E-state index contributed by atoms with van der Waals surface area (Å²) in [4.78, 5) is 14.9. The van der Waals surface area contributed by atoms with E-state index in [9.17, 15) is 9.90 Å². The lowest BCUT2D eigenvalue weighted by atomic mass is 9.70. The fourth-order valence-electron chi connectivity index (χ4n) is 4.69. The maximum absolute atomic E-state index is 12.9. The maximum atomic E-state index is 12.9. The van der Waals surface area contributed by atoms with Crippen molar-refractivity contribution in [1.82, 2.24) is 4.90 Å². The number of aliphatic hydroxyl groups is 1. The Hall–Kier alpha value is -0.610. The molecule has 0 spiro atoms. The van der Waals surface area contributed by atoms with Crippen LogP contribution in [0.15, 0.2) is 0 Å². The van der Waals surface area contributed by atoms with E-state index in [0.717, 1.165) is 51.5 Å². The second kappa shape index (κ2) is 5.88. The van der Waals surface area contributed by atoms with Crippen molar-refractivity contribution in [2.75, 3.05) is 13.1 Å². The number of hydrogen-bond acceptors (Lipinski definition) is 3. The third kappa shape index (κ3) is 2.98. The molecule has 3 aliphatic rings. The monoisotopic (exact) mass is 294 g/mol. The predicted octanol–water partition coefficient (Wildman–Crippen LogP) is 1.90. The van der Waals surface area contributed by atoms with Gasteiger partial charge >= 0.3 is 0 Å². The van der Waals surface area contributed by atoms with Crippen LogP contribution in [0.2, 0.25) is 0 Å². The first kappa shape index (κ1) is 15.3. The molecule has 0 aromatic carbocycles. The predicted molar refractivity (Wildman–Crippen MR) is 82.6 cm³/mol. The van der Waals surface area contributed by atoms with Crippen LogP contribution in [-0.2, 0) is 4.79 Å². The number of rotatable bonds is 1. The van der Waals surface area contributed by atoms with Crippen LogP contribution in [0.1, 0.15) is 58.3 Å². The maximum Gasteiger partial charge on any atom is 0.227 e. The fraction of sp³-hybridized carbons (Fsp3) is 0.941. The van der Waals surface area contributed by atoms with Crippen LogP contribution in [0.4, 0.5) is 0 Å². The van der Waals surface area contributed by atoms with Crippen molar-refractivity contribution in [3.05, 3.63) is 0 Å². The minimum atomic E-state index is -0.503. The molecular formula is C17H30N2O2. The molecule has 4 heteroatoms. The number of carbonyl (C=O) groups excluding carboxylic acids is 1. The molecule has 3 rings (SSSR count). The van der Waals surface area contributed by atoms with Crippen molar-refractivity contribution in [3.63, 3.8) is 0 Å². The van der Waals surface area contributed by atoms with Gasteiger partial charge in [-0.2, -0.15) is 0 Å². The first-order chi connectivity index (χ1) is 9.99. The van der Waals surface area contributed by atoms with Gasteiger partial charge in [0, 0.05) is 25.0 Å². The summed E-state index contributed by atoms with van der Waals surface area (Å²) in [7, 11) is 0. The molecule has 5 atom stereocenters. The summed E-state index contributed by atoms with van der Waals surface area (Å²) in [6.45, 7) is 3.68. The number of likely N-dealkylation sites (tertiary alicyclic amines) is 1. The Morgan fingerprint density at radius 1 is 1.24 bits per heavy atom. The fourth-order valence-corrected chi connectivity index (χ4v) is 4.69. The van der Waals surface area contributed by atoms with Crippen LogP contribution in [0.5, 0.6) is 0 Å². The molecule has 0 bridgehead atoms. The van der Waals surface area contributed by atoms with Gasteiger partial charge in [-0.25, -0.2) is 0 Å². The van der Waals surface area contributed by atoms with E-state index < -0.39 is 5.60 Å². The highest BCUT2D eigenvalue weighted by atomic mass is 16.3. The standard InChI is InChI=1S/C17H30N2O2/c1-12-5-6-15(18)14(10-12)16(20)19-9-8-17(21)7-3-2-4-13(17)11-19/h12-15,21H,2-11,18H2,1H3. The van der Waals surface area contributed by atoms with Gasteiger partial charge in [-0.1, -0.05) is 19.8 Å². The zero-order chi connectivity index (χ0) is 15.0. The molecule has 3 fully saturated rings. The molecule has 0 radical (unpaired) electrons. The van der Waals surface area contributed by atoms with Gasteiger partial charge in [0.2, 0.25) is 5.91 Å². The summed E-state index contributed by atoms with van der Waals surface area (Å²) in [6.07, 6.45) is 8.10. The van der Waals surface area contributed by atoms with Crippen LogP contribution in [-0.4, -0.2) is 40.6 Å². The topological polar surface area (TPSA) is 66.6 Å². The third-order valence-corrected chi connectivity index (χ3v) is 6.22. The van der Waals surface area contributed by atoms with Gasteiger partial charge < -0.3 is 15.7 Å². The Morgan fingerprint density at radius 2 is 2.05 bits per heavy atom. The summed E-state index contributed by atoms with van der Waals surface area (Å²) in [5.74, 6) is 1.14. The summed E-state index contributed by atoms with van der Waals surface area (Å²) in [6, 6.07) is 0.0286. The first-order valence-corrected chi connectivity index (χ1v) is 8.76. The lowest BCUT2D eigenvalue weighted by molar-refractivity contribution is -0.149. The second-order valence-corrected chi connectivity index (χ2v) is 7.77. The van der Waals surface area contributed by atoms with Gasteiger partial charge in [0.25, 0.3) is 0 Å². The molecular weight excluding hydrogens is 264 g/mol. The van der Waals surface area contributed by atoms with E-state index in [-0.39, 0.29) is 23.8 Å². The smallest absolute Gasteiger partial charge is 0.227 e. The largest absolute Gasteiger partial charge is 0.389 e. The number of carbonyl (C=O) groups is 1. The van der Waals surface area contributed by atoms with Crippen molar-refractivity contribution in [1.29, 1.82) is 0 Å². The zero-order valence-electron chi connectivity index (χ0n) is 13.3. The van der Waals surface area contributed by atoms with Crippen molar-refractivity contribution in [3.8, 4) is 0 Å². The van der Waals surface area contributed by atoms with Crippen molar-refractivity contribution < 1.29 is 9.90 Å². The number of amides is 1. The highest BCUT2D eigenvalue weighted by molar-refractivity contribution is 5.80. The molecule has 2 aliphatic carbocycles. The molecule has 4 nitrogen and oxygen atoms in total. The number of nitrogens with two attached hydrogens (primary N) is 1. The van der Waals surface area contributed by atoms with Crippen molar-refractivity contribution >= 4 is 5.91 Å². The highest BCUT2D eigenvalue weighted by Crippen LogP contribution is 2.40. The van der Waals surface area contributed by atoms with E-state index in [1.54, 1.807) is 0 Å². The Morgan fingerprint density at radius 3 is 2.86 bits per heavy atom. The van der Waals surface area contributed by atoms with Crippen LogP contribution < -0.4 is 5.73 Å². The van der Waals surface area contributed by atoms with E-state index in [1.165, 1.54) is 6.42 Å². The van der Waals surface area contributed by atoms with Gasteiger partial charge in [0.15, 0.2) is 0 Å². The molecule has 120 valence electrons. The molecule has 1 heterocycles. The molecule has 0 aromatic rings. The second-order valence-electron chi connectivity index (χ2n) is 7.77. The van der Waals surface area contributed by atoms with Crippen LogP contribution in [0.3, 0.4) is 0 Å². The summed E-state index contributed by atoms with van der Waals surface area (Å²) in [5, 5.41) is 10.7. The normalized spacial score (nSPS) is 44.2. The SMILES string of the molecule is CC1CCC(N)C(C(=O)N2CCC3(O)CCCCC3C2)C1. The van der Waals surface area contributed by atoms with Gasteiger partial charge in [-0.3, -0.25) is 4.79 Å². The summed E-state index contributed by atoms with van der Waals surface area (Å²) >= 11 is 0. The number of fused-ring (bicyclic) bond motifs is 1. The Kier molecular flexibility index (Phi) is 4.28. The lowest BCUT2D eigenvalue weighted by Gasteiger charge is -2.48. The minimum absolute atomic E-state index is 0.00327. The van der Waals surface area contributed by atoms with E-state index in [2.05, 4.69) is 6.92 Å². The molecule has 1 amide bonds. The average Bonchev–Trinajstić information content (AvgIpc) is 2.48. The Labute approximate surface area is 128 Å². The summed E-state index contributed by atoms with van der Waals surface area (Å²) in [5.41, 5.74) is 5.71. The third-order valence-electron chi connectivity index (χ3n) is 6.22. The van der Waals surface area contributed by atoms with Gasteiger partial charge in [-0.15, -0.1) is 0 Å². The zero-order valence-corrected chi connectivity index (χ0v) is 13.3. The van der Waals surface area contributed by atoms with E-state index >= 15 is 0 Å². The number of piperidine rings is 1. The van der Waals surface area contributed by atoms with Crippen LogP contribution in [0.25, 0.3) is 0 Å². The number of nitrogens with zero attached hydrogens (tertiary/aromatic N) is 1. The Balaban J connectivity index is 1.65. The van der Waals surface area contributed by atoms with Gasteiger partial charge in [-0.05, 0) is 44.4 Å². The average molecular weight is 294 g/mol. The van der Waals surface area contributed by atoms with E-state index in [0.29, 0.717) is 12.5 Å². The summed E-state index contributed by atoms with van der Waals surface area (Å²) < 4.78 is 0.